The lowest BCUT2D eigenvalue weighted by Gasteiger charge is -2.35. The van der Waals surface area contributed by atoms with Gasteiger partial charge in [0.25, 0.3) is 0 Å². The van der Waals surface area contributed by atoms with E-state index in [1.165, 1.54) is 19.4 Å². The molecule has 1 fully saturated rings. The molecule has 1 N–H and O–H groups in total. The number of hydrogen-bond donors (Lipinski definition) is 1. The van der Waals surface area contributed by atoms with E-state index in [1.54, 1.807) is 0 Å². The number of alkyl halides is 1. The summed E-state index contributed by atoms with van der Waals surface area (Å²) in [6.45, 7) is 9.92. The molecule has 0 spiro atoms. The van der Waals surface area contributed by atoms with Crippen molar-refractivity contribution in [3.63, 3.8) is 0 Å². The minimum Gasteiger partial charge on any atom is -0.390 e. The highest BCUT2D eigenvalue weighted by atomic mass is 79.9. The van der Waals surface area contributed by atoms with E-state index in [0.717, 1.165) is 37.7 Å². The Kier molecular flexibility index (Phi) is 5.94. The zero-order chi connectivity index (χ0) is 12.9. The third kappa shape index (κ3) is 4.53. The highest BCUT2D eigenvalue weighted by molar-refractivity contribution is 9.09. The van der Waals surface area contributed by atoms with Crippen molar-refractivity contribution in [2.24, 2.45) is 5.41 Å². The molecule has 102 valence electrons. The summed E-state index contributed by atoms with van der Waals surface area (Å²) in [5.74, 6) is 0. The third-order valence-electron chi connectivity index (χ3n) is 4.50. The molecule has 1 heterocycles. The van der Waals surface area contributed by atoms with Crippen molar-refractivity contribution in [3.05, 3.63) is 0 Å². The molecular weight excluding hydrogens is 278 g/mol. The van der Waals surface area contributed by atoms with Gasteiger partial charge >= 0.3 is 0 Å². The maximum absolute atomic E-state index is 10.1. The zero-order valence-corrected chi connectivity index (χ0v) is 13.2. The molecule has 1 atom stereocenters. The number of hydrogen-bond acceptors (Lipinski definition) is 2. The Labute approximate surface area is 115 Å². The van der Waals surface area contributed by atoms with E-state index in [-0.39, 0.29) is 0 Å². The van der Waals surface area contributed by atoms with Crippen LogP contribution in [0.1, 0.15) is 52.9 Å². The number of likely N-dealkylation sites (tertiary alicyclic amines) is 1. The van der Waals surface area contributed by atoms with Crippen LogP contribution in [-0.2, 0) is 0 Å². The van der Waals surface area contributed by atoms with Crippen LogP contribution in [0.25, 0.3) is 0 Å². The van der Waals surface area contributed by atoms with E-state index < -0.39 is 5.60 Å². The summed E-state index contributed by atoms with van der Waals surface area (Å²) in [6, 6.07) is 0. The summed E-state index contributed by atoms with van der Waals surface area (Å²) < 4.78 is 0. The number of nitrogens with zero attached hydrogens (tertiary/aromatic N) is 1. The lowest BCUT2D eigenvalue weighted by molar-refractivity contribution is 0.0429. The Bertz CT molecular complexity index is 218. The number of rotatable bonds is 5. The van der Waals surface area contributed by atoms with Gasteiger partial charge in [0.1, 0.15) is 0 Å². The monoisotopic (exact) mass is 305 g/mol. The Morgan fingerprint density at radius 3 is 2.41 bits per heavy atom. The molecule has 0 bridgehead atoms. The van der Waals surface area contributed by atoms with Crippen molar-refractivity contribution in [3.8, 4) is 0 Å². The van der Waals surface area contributed by atoms with E-state index in [9.17, 15) is 5.11 Å². The quantitative estimate of drug-likeness (QED) is 0.787. The molecule has 1 aliphatic heterocycles. The first kappa shape index (κ1) is 15.5. The second-order valence-corrected chi connectivity index (χ2v) is 6.53. The van der Waals surface area contributed by atoms with Gasteiger partial charge in [-0.05, 0) is 51.0 Å². The Balaban J connectivity index is 2.56. The molecule has 3 heteroatoms. The van der Waals surface area contributed by atoms with Crippen molar-refractivity contribution in [1.82, 2.24) is 4.90 Å². The maximum Gasteiger partial charge on any atom is 0.0632 e. The third-order valence-corrected chi connectivity index (χ3v) is 5.69. The summed E-state index contributed by atoms with van der Waals surface area (Å²) in [7, 11) is 0. The standard InChI is InChI=1S/C14H28BrNO/c1-4-14(5-2,11-15)12-16-9-6-7-13(3,17)8-10-16/h17H,4-12H2,1-3H3. The molecule has 17 heavy (non-hydrogen) atoms. The van der Waals surface area contributed by atoms with Crippen molar-refractivity contribution in [2.75, 3.05) is 25.0 Å². The van der Waals surface area contributed by atoms with E-state index in [2.05, 4.69) is 34.7 Å². The van der Waals surface area contributed by atoms with Crippen LogP contribution in [0, 0.1) is 5.41 Å². The maximum atomic E-state index is 10.1. The topological polar surface area (TPSA) is 23.5 Å². The van der Waals surface area contributed by atoms with Crippen LogP contribution in [0.15, 0.2) is 0 Å². The normalized spacial score (nSPS) is 28.1. The largest absolute Gasteiger partial charge is 0.390 e. The smallest absolute Gasteiger partial charge is 0.0632 e. The number of halogens is 1. The van der Waals surface area contributed by atoms with Crippen molar-refractivity contribution in [2.45, 2.75) is 58.5 Å². The molecule has 0 aromatic heterocycles. The van der Waals surface area contributed by atoms with E-state index in [4.69, 9.17) is 0 Å². The van der Waals surface area contributed by atoms with Gasteiger partial charge in [-0.3, -0.25) is 0 Å². The molecule has 0 radical (unpaired) electrons. The fraction of sp³-hybridized carbons (Fsp3) is 1.00. The summed E-state index contributed by atoms with van der Waals surface area (Å²) in [5.41, 5.74) is -0.0273. The van der Waals surface area contributed by atoms with E-state index in [1.807, 2.05) is 6.92 Å². The van der Waals surface area contributed by atoms with Crippen LogP contribution in [0.4, 0.5) is 0 Å². The predicted octanol–water partition coefficient (Wildman–Crippen LogP) is 3.42. The summed E-state index contributed by atoms with van der Waals surface area (Å²) >= 11 is 3.69. The summed E-state index contributed by atoms with van der Waals surface area (Å²) in [4.78, 5) is 2.55. The highest BCUT2D eigenvalue weighted by Crippen LogP contribution is 2.31. The first-order chi connectivity index (χ1) is 7.97. The van der Waals surface area contributed by atoms with Crippen molar-refractivity contribution < 1.29 is 5.11 Å². The SMILES string of the molecule is CCC(CC)(CBr)CN1CCCC(C)(O)CC1. The molecule has 0 aromatic rings. The van der Waals surface area contributed by atoms with Gasteiger partial charge in [0.05, 0.1) is 5.60 Å². The first-order valence-corrected chi connectivity index (χ1v) is 8.10. The predicted molar refractivity (Wildman–Crippen MR) is 77.7 cm³/mol. The first-order valence-electron chi connectivity index (χ1n) is 6.98. The fourth-order valence-corrected chi connectivity index (χ4v) is 3.63. The van der Waals surface area contributed by atoms with Crippen LogP contribution < -0.4 is 0 Å². The van der Waals surface area contributed by atoms with Gasteiger partial charge in [-0.2, -0.15) is 0 Å². The minimum absolute atomic E-state index is 0.413. The average molecular weight is 306 g/mol. The van der Waals surface area contributed by atoms with Gasteiger partial charge in [-0.25, -0.2) is 0 Å². The molecule has 0 saturated carbocycles. The van der Waals surface area contributed by atoms with Crippen LogP contribution >= 0.6 is 15.9 Å². The Morgan fingerprint density at radius 1 is 1.24 bits per heavy atom. The van der Waals surface area contributed by atoms with Crippen molar-refractivity contribution in [1.29, 1.82) is 0 Å². The van der Waals surface area contributed by atoms with Gasteiger partial charge < -0.3 is 10.0 Å². The van der Waals surface area contributed by atoms with Gasteiger partial charge in [0, 0.05) is 18.4 Å². The number of aliphatic hydroxyl groups is 1. The Hall–Kier alpha value is 0.400. The molecule has 1 rings (SSSR count). The van der Waals surface area contributed by atoms with Gasteiger partial charge in [-0.15, -0.1) is 0 Å². The van der Waals surface area contributed by atoms with Crippen LogP contribution in [-0.4, -0.2) is 40.6 Å². The van der Waals surface area contributed by atoms with E-state index in [0.29, 0.717) is 5.41 Å². The lowest BCUT2D eigenvalue weighted by Crippen LogP contribution is -2.39. The molecule has 1 unspecified atom stereocenters. The van der Waals surface area contributed by atoms with Gasteiger partial charge in [0.15, 0.2) is 0 Å². The van der Waals surface area contributed by atoms with Crippen LogP contribution in [0.5, 0.6) is 0 Å². The second kappa shape index (κ2) is 6.53. The Morgan fingerprint density at radius 2 is 1.88 bits per heavy atom. The lowest BCUT2D eigenvalue weighted by atomic mass is 9.84. The van der Waals surface area contributed by atoms with Gasteiger partial charge in [-0.1, -0.05) is 29.8 Å². The summed E-state index contributed by atoms with van der Waals surface area (Å²) in [6.07, 6.45) is 5.43. The minimum atomic E-state index is -0.440. The molecule has 0 aromatic carbocycles. The van der Waals surface area contributed by atoms with Crippen LogP contribution in [0.3, 0.4) is 0 Å². The van der Waals surface area contributed by atoms with Gasteiger partial charge in [0.2, 0.25) is 0 Å². The highest BCUT2D eigenvalue weighted by Gasteiger charge is 2.31. The molecule has 1 aliphatic rings. The zero-order valence-electron chi connectivity index (χ0n) is 11.6. The summed E-state index contributed by atoms with van der Waals surface area (Å²) in [5, 5.41) is 11.2. The van der Waals surface area contributed by atoms with E-state index >= 15 is 0 Å². The van der Waals surface area contributed by atoms with Crippen molar-refractivity contribution >= 4 is 15.9 Å². The molecule has 2 nitrogen and oxygen atoms in total. The average Bonchev–Trinajstić information content (AvgIpc) is 2.48. The molecule has 1 saturated heterocycles. The second-order valence-electron chi connectivity index (χ2n) is 5.97. The molecular formula is C14H28BrNO. The molecule has 0 aliphatic carbocycles. The fourth-order valence-electron chi connectivity index (χ4n) is 2.66. The molecule has 0 amide bonds. The van der Waals surface area contributed by atoms with Crippen LogP contribution in [0.2, 0.25) is 0 Å².